The summed E-state index contributed by atoms with van der Waals surface area (Å²) < 4.78 is 26.3. The van der Waals surface area contributed by atoms with Crippen LogP contribution in [0.3, 0.4) is 0 Å². The summed E-state index contributed by atoms with van der Waals surface area (Å²) in [5, 5.41) is 9.18. The maximum atomic E-state index is 11.9. The Hall–Kier alpha value is -1.11. The molecule has 0 bridgehead atoms. The van der Waals surface area contributed by atoms with Crippen LogP contribution < -0.4 is 9.62 Å². The lowest BCUT2D eigenvalue weighted by molar-refractivity contribution is 0.262. The van der Waals surface area contributed by atoms with Crippen molar-refractivity contribution in [3.8, 4) is 0 Å². The summed E-state index contributed by atoms with van der Waals surface area (Å²) in [6.07, 6.45) is 4.17. The van der Waals surface area contributed by atoms with Crippen molar-refractivity contribution >= 4 is 15.7 Å². The molecule has 0 radical (unpaired) electrons. The molecule has 118 valence electrons. The van der Waals surface area contributed by atoms with Crippen LogP contribution in [0.2, 0.25) is 0 Å². The quantitative estimate of drug-likeness (QED) is 0.839. The van der Waals surface area contributed by atoms with E-state index in [1.165, 1.54) is 6.42 Å². The normalized spacial score (nSPS) is 19.7. The van der Waals surface area contributed by atoms with Gasteiger partial charge in [-0.3, -0.25) is 0 Å². The third-order valence-electron chi connectivity index (χ3n) is 3.90. The molecule has 5 nitrogen and oxygen atoms in total. The Balaban J connectivity index is 2.17. The van der Waals surface area contributed by atoms with Gasteiger partial charge in [0.1, 0.15) is 0 Å². The number of aliphatic hydroxyl groups excluding tert-OH is 1. The van der Waals surface area contributed by atoms with E-state index in [0.29, 0.717) is 17.5 Å². The summed E-state index contributed by atoms with van der Waals surface area (Å²) in [5.74, 6) is 0. The van der Waals surface area contributed by atoms with Crippen molar-refractivity contribution in [3.63, 3.8) is 0 Å². The van der Waals surface area contributed by atoms with E-state index in [9.17, 15) is 13.5 Å². The number of sulfonamides is 1. The zero-order valence-electron chi connectivity index (χ0n) is 12.5. The third kappa shape index (κ3) is 3.96. The molecule has 0 aromatic heterocycles. The first-order chi connectivity index (χ1) is 10.1. The number of piperidine rings is 1. The van der Waals surface area contributed by atoms with Crippen LogP contribution in [0.4, 0.5) is 5.69 Å². The van der Waals surface area contributed by atoms with Crippen LogP contribution in [0.5, 0.6) is 0 Å². The summed E-state index contributed by atoms with van der Waals surface area (Å²) in [4.78, 5) is 2.58. The molecular formula is C15H24N2O3S. The number of nitrogens with one attached hydrogen (secondary N) is 1. The molecule has 2 N–H and O–H groups in total. The molecule has 1 aromatic rings. The first kappa shape index (κ1) is 16.3. The Morgan fingerprint density at radius 2 is 2.00 bits per heavy atom. The Morgan fingerprint density at radius 3 is 2.62 bits per heavy atom. The lowest BCUT2D eigenvalue weighted by Gasteiger charge is -2.37. The first-order valence-corrected chi connectivity index (χ1v) is 9.04. The molecule has 0 spiro atoms. The number of aliphatic hydroxyl groups is 1. The van der Waals surface area contributed by atoms with Gasteiger partial charge >= 0.3 is 0 Å². The van der Waals surface area contributed by atoms with Gasteiger partial charge < -0.3 is 10.0 Å². The van der Waals surface area contributed by atoms with Gasteiger partial charge in [0, 0.05) is 31.4 Å². The van der Waals surface area contributed by atoms with E-state index in [2.05, 4.69) is 9.62 Å². The van der Waals surface area contributed by atoms with Crippen LogP contribution in [0.25, 0.3) is 0 Å². The smallest absolute Gasteiger partial charge is 0.240 e. The van der Waals surface area contributed by atoms with Gasteiger partial charge in [-0.05, 0) is 49.9 Å². The van der Waals surface area contributed by atoms with E-state index in [4.69, 9.17) is 0 Å². The van der Waals surface area contributed by atoms with Gasteiger partial charge in [-0.2, -0.15) is 0 Å². The van der Waals surface area contributed by atoms with Crippen molar-refractivity contribution in [2.24, 2.45) is 0 Å². The molecule has 1 heterocycles. The zero-order valence-corrected chi connectivity index (χ0v) is 13.3. The zero-order chi connectivity index (χ0) is 15.3. The van der Waals surface area contributed by atoms with E-state index in [1.807, 2.05) is 12.1 Å². The number of benzene rings is 1. The predicted molar refractivity (Wildman–Crippen MR) is 84.0 cm³/mol. The summed E-state index contributed by atoms with van der Waals surface area (Å²) in [6, 6.07) is 7.37. The van der Waals surface area contributed by atoms with Crippen LogP contribution in [0, 0.1) is 0 Å². The topological polar surface area (TPSA) is 69.6 Å². The molecule has 1 aliphatic heterocycles. The van der Waals surface area contributed by atoms with Crippen molar-refractivity contribution in [2.75, 3.05) is 24.6 Å². The van der Waals surface area contributed by atoms with E-state index >= 15 is 0 Å². The lowest BCUT2D eigenvalue weighted by Crippen LogP contribution is -2.40. The summed E-state index contributed by atoms with van der Waals surface area (Å²) in [6.45, 7) is 3.30. The van der Waals surface area contributed by atoms with Gasteiger partial charge in [0.25, 0.3) is 0 Å². The Morgan fingerprint density at radius 1 is 1.29 bits per heavy atom. The first-order valence-electron chi connectivity index (χ1n) is 7.55. The summed E-state index contributed by atoms with van der Waals surface area (Å²) in [5.41, 5.74) is 1.03. The second kappa shape index (κ2) is 7.24. The van der Waals surface area contributed by atoms with Crippen LogP contribution in [-0.4, -0.2) is 39.3 Å². The second-order valence-electron chi connectivity index (χ2n) is 5.35. The van der Waals surface area contributed by atoms with Gasteiger partial charge in [0.05, 0.1) is 4.90 Å². The largest absolute Gasteiger partial charge is 0.396 e. The monoisotopic (exact) mass is 312 g/mol. The highest BCUT2D eigenvalue weighted by atomic mass is 32.2. The molecule has 0 amide bonds. The minimum absolute atomic E-state index is 0.189. The molecule has 6 heteroatoms. The second-order valence-corrected chi connectivity index (χ2v) is 7.12. The fourth-order valence-corrected chi connectivity index (χ4v) is 3.92. The van der Waals surface area contributed by atoms with Crippen molar-refractivity contribution < 1.29 is 13.5 Å². The Labute approximate surface area is 127 Å². The number of nitrogens with zero attached hydrogens (tertiary/aromatic N) is 1. The van der Waals surface area contributed by atoms with Crippen LogP contribution >= 0.6 is 0 Å². The number of hydrogen-bond acceptors (Lipinski definition) is 4. The fourth-order valence-electron chi connectivity index (χ4n) is 2.88. The highest BCUT2D eigenvalue weighted by Crippen LogP contribution is 2.27. The van der Waals surface area contributed by atoms with Crippen LogP contribution in [0.1, 0.15) is 32.6 Å². The van der Waals surface area contributed by atoms with Gasteiger partial charge in [-0.15, -0.1) is 0 Å². The van der Waals surface area contributed by atoms with Crippen molar-refractivity contribution in [3.05, 3.63) is 24.3 Å². The average Bonchev–Trinajstić information content (AvgIpc) is 2.48. The summed E-state index contributed by atoms with van der Waals surface area (Å²) >= 11 is 0. The number of anilines is 1. The van der Waals surface area contributed by atoms with Crippen LogP contribution in [-0.2, 0) is 10.0 Å². The number of rotatable bonds is 6. The molecule has 0 saturated carbocycles. The molecule has 21 heavy (non-hydrogen) atoms. The molecule has 2 rings (SSSR count). The number of hydrogen-bond donors (Lipinski definition) is 2. The SMILES string of the molecule is CCNS(=O)(=O)c1ccc(N2CCCCC2CCO)cc1. The molecular weight excluding hydrogens is 288 g/mol. The minimum Gasteiger partial charge on any atom is -0.396 e. The highest BCUT2D eigenvalue weighted by molar-refractivity contribution is 7.89. The average molecular weight is 312 g/mol. The van der Waals surface area contributed by atoms with Crippen molar-refractivity contribution in [1.82, 2.24) is 4.72 Å². The molecule has 1 aliphatic rings. The molecule has 1 unspecified atom stereocenters. The Kier molecular flexibility index (Phi) is 5.61. The van der Waals surface area contributed by atoms with E-state index < -0.39 is 10.0 Å². The predicted octanol–water partition coefficient (Wildman–Crippen LogP) is 1.73. The van der Waals surface area contributed by atoms with E-state index in [-0.39, 0.29) is 6.61 Å². The van der Waals surface area contributed by atoms with E-state index in [1.54, 1.807) is 19.1 Å². The molecule has 1 fully saturated rings. The fraction of sp³-hybridized carbons (Fsp3) is 0.600. The highest BCUT2D eigenvalue weighted by Gasteiger charge is 2.22. The van der Waals surface area contributed by atoms with Gasteiger partial charge in [0.2, 0.25) is 10.0 Å². The molecule has 1 saturated heterocycles. The Bertz CT molecular complexity index is 541. The molecule has 0 aliphatic carbocycles. The molecule has 1 aromatic carbocycles. The summed E-state index contributed by atoms with van der Waals surface area (Å²) in [7, 11) is -3.39. The minimum atomic E-state index is -3.39. The maximum Gasteiger partial charge on any atom is 0.240 e. The molecule has 1 atom stereocenters. The lowest BCUT2D eigenvalue weighted by atomic mass is 9.99. The maximum absolute atomic E-state index is 11.9. The van der Waals surface area contributed by atoms with E-state index in [0.717, 1.165) is 31.5 Å². The van der Waals surface area contributed by atoms with Crippen molar-refractivity contribution in [1.29, 1.82) is 0 Å². The van der Waals surface area contributed by atoms with Gasteiger partial charge in [-0.1, -0.05) is 6.92 Å². The van der Waals surface area contributed by atoms with Gasteiger partial charge in [-0.25, -0.2) is 13.1 Å². The van der Waals surface area contributed by atoms with Crippen molar-refractivity contribution in [2.45, 2.75) is 43.5 Å². The standard InChI is InChI=1S/C15H24N2O3S/c1-2-16-21(19,20)15-8-6-14(7-9-15)17-11-4-3-5-13(17)10-12-18/h6-9,13,16,18H,2-5,10-12H2,1H3. The van der Waals surface area contributed by atoms with Gasteiger partial charge in [0.15, 0.2) is 0 Å². The van der Waals surface area contributed by atoms with Crippen LogP contribution in [0.15, 0.2) is 29.2 Å². The third-order valence-corrected chi connectivity index (χ3v) is 5.46.